The second-order valence-electron chi connectivity index (χ2n) is 9.55. The molecule has 0 radical (unpaired) electrons. The van der Waals surface area contributed by atoms with E-state index in [1.54, 1.807) is 0 Å². The van der Waals surface area contributed by atoms with Crippen LogP contribution in [0.2, 0.25) is 0 Å². The van der Waals surface area contributed by atoms with Gasteiger partial charge in [-0.15, -0.1) is 0 Å². The van der Waals surface area contributed by atoms with Crippen LogP contribution in [0.4, 0.5) is 0 Å². The molecule has 0 heterocycles. The van der Waals surface area contributed by atoms with Gasteiger partial charge in [0.05, 0.1) is 18.1 Å². The van der Waals surface area contributed by atoms with Crippen molar-refractivity contribution in [1.82, 2.24) is 10.6 Å². The van der Waals surface area contributed by atoms with E-state index in [0.29, 0.717) is 6.42 Å². The fourth-order valence-electron chi connectivity index (χ4n) is 3.74. The first-order valence-electron chi connectivity index (χ1n) is 12.7. The van der Waals surface area contributed by atoms with Crippen molar-refractivity contribution in [2.45, 2.75) is 123 Å². The standard InChI is InChI=1S/C25H50N2O4.Na/c1-22(2)16-14-12-10-8-6-4-5-7-9-11-13-15-17-23(29)26-19-18-25(3,24(30)31)27-20-21-28;/h22,27-28H,4-21H2,1-3H3,(H,26,29)(H,30,31);/q;+1/p-1. The fraction of sp³-hybridized carbons (Fsp3) is 0.920. The number of hydrogen-bond acceptors (Lipinski definition) is 5. The van der Waals surface area contributed by atoms with Crippen LogP contribution in [0.5, 0.6) is 0 Å². The zero-order valence-electron chi connectivity index (χ0n) is 21.5. The Balaban J connectivity index is 0. The number of carboxylic acids is 1. The Kier molecular flexibility index (Phi) is 24.1. The Labute approximate surface area is 219 Å². The predicted molar refractivity (Wildman–Crippen MR) is 126 cm³/mol. The van der Waals surface area contributed by atoms with Gasteiger partial charge in [0.1, 0.15) is 0 Å². The maximum atomic E-state index is 11.9. The van der Waals surface area contributed by atoms with E-state index in [1.807, 2.05) is 0 Å². The summed E-state index contributed by atoms with van der Waals surface area (Å²) in [6.07, 6.45) is 17.3. The number of carboxylic acid groups (broad SMARTS) is 1. The van der Waals surface area contributed by atoms with Gasteiger partial charge < -0.3 is 25.6 Å². The monoisotopic (exact) mass is 464 g/mol. The number of aliphatic hydroxyl groups is 1. The van der Waals surface area contributed by atoms with Crippen molar-refractivity contribution in [1.29, 1.82) is 0 Å². The first-order valence-corrected chi connectivity index (χ1v) is 12.7. The van der Waals surface area contributed by atoms with Gasteiger partial charge in [-0.2, -0.15) is 0 Å². The number of unbranched alkanes of at least 4 members (excludes halogenated alkanes) is 11. The number of aliphatic hydroxyl groups excluding tert-OH is 1. The van der Waals surface area contributed by atoms with Crippen LogP contribution in [0.25, 0.3) is 0 Å². The van der Waals surface area contributed by atoms with Crippen molar-refractivity contribution in [3.05, 3.63) is 0 Å². The maximum absolute atomic E-state index is 11.9. The third-order valence-electron chi connectivity index (χ3n) is 5.96. The molecule has 0 aliphatic carbocycles. The van der Waals surface area contributed by atoms with Gasteiger partial charge in [-0.3, -0.25) is 4.79 Å². The molecule has 1 amide bonds. The average Bonchev–Trinajstić information content (AvgIpc) is 2.72. The van der Waals surface area contributed by atoms with Crippen molar-refractivity contribution in [2.75, 3.05) is 19.7 Å². The third-order valence-corrected chi connectivity index (χ3v) is 5.96. The number of β-amino-alcohol motifs (C(OH)–C–C–N with tert-alkyl or cyclic N) is 1. The summed E-state index contributed by atoms with van der Waals surface area (Å²) >= 11 is 0. The molecule has 0 aliphatic heterocycles. The fourth-order valence-corrected chi connectivity index (χ4v) is 3.74. The molecule has 0 aromatic heterocycles. The normalized spacial score (nSPS) is 12.9. The first-order chi connectivity index (χ1) is 14.8. The number of hydrogen-bond donors (Lipinski definition) is 3. The molecule has 0 aromatic carbocycles. The van der Waals surface area contributed by atoms with Crippen LogP contribution in [-0.2, 0) is 9.59 Å². The molecule has 0 aliphatic rings. The minimum atomic E-state index is -1.25. The van der Waals surface area contributed by atoms with Gasteiger partial charge in [0.15, 0.2) is 0 Å². The van der Waals surface area contributed by atoms with Crippen LogP contribution in [0.15, 0.2) is 0 Å². The Hall–Kier alpha value is -0.140. The van der Waals surface area contributed by atoms with E-state index in [-0.39, 0.29) is 61.6 Å². The molecule has 0 fully saturated rings. The van der Waals surface area contributed by atoms with Gasteiger partial charge >= 0.3 is 29.6 Å². The van der Waals surface area contributed by atoms with Crippen LogP contribution >= 0.6 is 0 Å². The van der Waals surface area contributed by atoms with Crippen molar-refractivity contribution >= 4 is 11.9 Å². The SMILES string of the molecule is CC(C)CCCCCCCCCCCCCCC(=O)NCCC(C)(NCCO)C(=O)[O-].[Na+]. The zero-order chi connectivity index (χ0) is 23.4. The molecule has 1 atom stereocenters. The topological polar surface area (TPSA) is 101 Å². The molecule has 7 heteroatoms. The zero-order valence-corrected chi connectivity index (χ0v) is 23.5. The summed E-state index contributed by atoms with van der Waals surface area (Å²) < 4.78 is 0. The number of nitrogens with one attached hydrogen (secondary N) is 2. The van der Waals surface area contributed by atoms with Gasteiger partial charge in [-0.1, -0.05) is 90.9 Å². The predicted octanol–water partition coefficient (Wildman–Crippen LogP) is 0.705. The van der Waals surface area contributed by atoms with Gasteiger partial charge in [0.2, 0.25) is 5.91 Å². The number of carbonyl (C=O) groups is 2. The molecule has 0 spiro atoms. The summed E-state index contributed by atoms with van der Waals surface area (Å²) in [5, 5.41) is 25.6. The second-order valence-corrected chi connectivity index (χ2v) is 9.55. The first kappa shape index (κ1) is 34.0. The van der Waals surface area contributed by atoms with E-state index in [1.165, 1.54) is 77.6 Å². The van der Waals surface area contributed by atoms with Gasteiger partial charge in [-0.05, 0) is 25.7 Å². The molecule has 184 valence electrons. The van der Waals surface area contributed by atoms with Crippen molar-refractivity contribution in [3.63, 3.8) is 0 Å². The molecule has 3 N–H and O–H groups in total. The molecular formula is C25H49N2NaO4. The van der Waals surface area contributed by atoms with Crippen molar-refractivity contribution in [3.8, 4) is 0 Å². The molecule has 0 bridgehead atoms. The number of aliphatic carboxylic acids is 1. The molecule has 6 nitrogen and oxygen atoms in total. The number of rotatable bonds is 22. The van der Waals surface area contributed by atoms with E-state index >= 15 is 0 Å². The molecule has 1 unspecified atom stereocenters. The Morgan fingerprint density at radius 1 is 0.844 bits per heavy atom. The molecule has 32 heavy (non-hydrogen) atoms. The van der Waals surface area contributed by atoms with Gasteiger partial charge in [-0.25, -0.2) is 0 Å². The van der Waals surface area contributed by atoms with E-state index in [0.717, 1.165) is 18.8 Å². The average molecular weight is 465 g/mol. The largest absolute Gasteiger partial charge is 1.00 e. The summed E-state index contributed by atoms with van der Waals surface area (Å²) in [6.45, 7) is 6.42. The van der Waals surface area contributed by atoms with E-state index < -0.39 is 11.5 Å². The molecule has 0 rings (SSSR count). The molecule has 0 saturated heterocycles. The van der Waals surface area contributed by atoms with Crippen LogP contribution < -0.4 is 45.3 Å². The third kappa shape index (κ3) is 20.5. The maximum Gasteiger partial charge on any atom is 1.00 e. The van der Waals surface area contributed by atoms with Gasteiger partial charge in [0.25, 0.3) is 0 Å². The summed E-state index contributed by atoms with van der Waals surface area (Å²) in [6, 6.07) is 0. The summed E-state index contributed by atoms with van der Waals surface area (Å²) in [5.74, 6) is -0.416. The molecule has 0 saturated carbocycles. The van der Waals surface area contributed by atoms with Crippen LogP contribution in [0.3, 0.4) is 0 Å². The number of amides is 1. The quantitative estimate of drug-likeness (QED) is 0.162. The minimum Gasteiger partial charge on any atom is -0.548 e. The second kappa shape index (κ2) is 22.6. The van der Waals surface area contributed by atoms with E-state index in [4.69, 9.17) is 5.11 Å². The Morgan fingerprint density at radius 3 is 1.75 bits per heavy atom. The van der Waals surface area contributed by atoms with Crippen LogP contribution in [-0.4, -0.2) is 42.2 Å². The van der Waals surface area contributed by atoms with E-state index in [9.17, 15) is 14.7 Å². The van der Waals surface area contributed by atoms with Crippen molar-refractivity contribution in [2.24, 2.45) is 5.92 Å². The van der Waals surface area contributed by atoms with Crippen LogP contribution in [0.1, 0.15) is 117 Å². The summed E-state index contributed by atoms with van der Waals surface area (Å²) in [7, 11) is 0. The Morgan fingerprint density at radius 2 is 1.31 bits per heavy atom. The molecular weight excluding hydrogens is 415 g/mol. The van der Waals surface area contributed by atoms with Crippen molar-refractivity contribution < 1.29 is 49.4 Å². The van der Waals surface area contributed by atoms with E-state index in [2.05, 4.69) is 24.5 Å². The Bertz CT molecular complexity index is 463. The van der Waals surface area contributed by atoms with Gasteiger partial charge in [0, 0.05) is 19.5 Å². The van der Waals surface area contributed by atoms with Crippen LogP contribution in [0, 0.1) is 5.92 Å². The summed E-state index contributed by atoms with van der Waals surface area (Å²) in [4.78, 5) is 23.2. The number of carbonyl (C=O) groups excluding carboxylic acids is 2. The summed E-state index contributed by atoms with van der Waals surface area (Å²) in [5.41, 5.74) is -1.25. The minimum absolute atomic E-state index is 0. The molecule has 0 aromatic rings. The smallest absolute Gasteiger partial charge is 0.548 e.